The number of hydrogen-bond acceptors (Lipinski definition) is 4. The second-order valence-electron chi connectivity index (χ2n) is 8.23. The summed E-state index contributed by atoms with van der Waals surface area (Å²) in [6, 6.07) is 16.9. The molecule has 2 aromatic carbocycles. The number of nitrogens with one attached hydrogen (secondary N) is 2. The Hall–Kier alpha value is -1.84. The minimum absolute atomic E-state index is 0. The van der Waals surface area contributed by atoms with Crippen LogP contribution in [0.15, 0.2) is 53.5 Å². The van der Waals surface area contributed by atoms with Crippen molar-refractivity contribution in [3.63, 3.8) is 0 Å². The van der Waals surface area contributed by atoms with Gasteiger partial charge in [-0.3, -0.25) is 4.99 Å². The highest BCUT2D eigenvalue weighted by atomic mass is 127. The number of aryl methyl sites for hydroxylation is 1. The predicted molar refractivity (Wildman–Crippen MR) is 142 cm³/mol. The van der Waals surface area contributed by atoms with Gasteiger partial charge in [0.2, 0.25) is 0 Å². The average Bonchev–Trinajstić information content (AvgIpc) is 3.30. The molecule has 1 aliphatic heterocycles. The molecule has 2 aromatic rings. The van der Waals surface area contributed by atoms with Gasteiger partial charge in [-0.05, 0) is 37.6 Å². The Morgan fingerprint density at radius 3 is 2.72 bits per heavy atom. The Morgan fingerprint density at radius 1 is 1.19 bits per heavy atom. The predicted octanol–water partition coefficient (Wildman–Crippen LogP) is 3.83. The molecule has 32 heavy (non-hydrogen) atoms. The number of guanidine groups is 1. The third kappa shape index (κ3) is 8.96. The highest BCUT2D eigenvalue weighted by Gasteiger charge is 2.17. The standard InChI is InChI=1S/C25H36N4O2.HI/c1-20-9-10-23(24(15-20)31-19-22-11-14-30-18-22)16-28-25(26-2)27-12-13-29(3)17-21-7-5-4-6-8-21;/h4-10,15,22H,11-14,16-19H2,1-3H3,(H2,26,27,28);1H. The molecule has 0 aromatic heterocycles. The molecule has 1 heterocycles. The Bertz CT molecular complexity index is 826. The van der Waals surface area contributed by atoms with Crippen molar-refractivity contribution in [1.29, 1.82) is 0 Å². The number of hydrogen-bond donors (Lipinski definition) is 2. The van der Waals surface area contributed by atoms with Crippen molar-refractivity contribution < 1.29 is 9.47 Å². The zero-order chi connectivity index (χ0) is 21.9. The molecule has 6 nitrogen and oxygen atoms in total. The van der Waals surface area contributed by atoms with Crippen molar-refractivity contribution in [3.05, 3.63) is 65.2 Å². The van der Waals surface area contributed by atoms with Gasteiger partial charge in [0.05, 0.1) is 13.2 Å². The second-order valence-corrected chi connectivity index (χ2v) is 8.23. The number of likely N-dealkylation sites (N-methyl/N-ethyl adjacent to an activating group) is 1. The lowest BCUT2D eigenvalue weighted by Gasteiger charge is -2.19. The van der Waals surface area contributed by atoms with E-state index in [1.807, 2.05) is 6.07 Å². The van der Waals surface area contributed by atoms with Gasteiger partial charge < -0.3 is 25.0 Å². The molecule has 2 N–H and O–H groups in total. The molecule has 0 radical (unpaired) electrons. The molecule has 0 aliphatic carbocycles. The molecular formula is C25H37IN4O2. The molecule has 7 heteroatoms. The Labute approximate surface area is 209 Å². The van der Waals surface area contributed by atoms with Gasteiger partial charge in [-0.2, -0.15) is 0 Å². The van der Waals surface area contributed by atoms with E-state index in [4.69, 9.17) is 9.47 Å². The van der Waals surface area contributed by atoms with Gasteiger partial charge in [0.25, 0.3) is 0 Å². The lowest BCUT2D eigenvalue weighted by Crippen LogP contribution is -2.40. The van der Waals surface area contributed by atoms with Crippen LogP contribution in [0.5, 0.6) is 5.75 Å². The molecule has 1 atom stereocenters. The molecule has 176 valence electrons. The van der Waals surface area contributed by atoms with E-state index in [1.165, 1.54) is 11.1 Å². The van der Waals surface area contributed by atoms with E-state index in [2.05, 4.69) is 77.0 Å². The zero-order valence-electron chi connectivity index (χ0n) is 19.5. The van der Waals surface area contributed by atoms with Crippen molar-refractivity contribution in [2.75, 3.05) is 47.0 Å². The monoisotopic (exact) mass is 552 g/mol. The first-order valence-corrected chi connectivity index (χ1v) is 11.1. The minimum atomic E-state index is 0. The molecule has 0 saturated carbocycles. The van der Waals surface area contributed by atoms with Crippen molar-refractivity contribution >= 4 is 29.9 Å². The molecule has 3 rings (SSSR count). The van der Waals surface area contributed by atoms with Gasteiger partial charge >= 0.3 is 0 Å². The van der Waals surface area contributed by atoms with Crippen LogP contribution < -0.4 is 15.4 Å². The van der Waals surface area contributed by atoms with Gasteiger partial charge in [0, 0.05) is 51.3 Å². The van der Waals surface area contributed by atoms with Crippen molar-refractivity contribution in [2.45, 2.75) is 26.4 Å². The van der Waals surface area contributed by atoms with E-state index >= 15 is 0 Å². The summed E-state index contributed by atoms with van der Waals surface area (Å²) in [6.45, 7) is 7.79. The molecular weight excluding hydrogens is 515 g/mol. The summed E-state index contributed by atoms with van der Waals surface area (Å²) in [5, 5.41) is 6.82. The van der Waals surface area contributed by atoms with Crippen LogP contribution in [0.25, 0.3) is 0 Å². The topological polar surface area (TPSA) is 58.1 Å². The fourth-order valence-electron chi connectivity index (χ4n) is 3.60. The molecule has 0 spiro atoms. The number of halogens is 1. The fourth-order valence-corrected chi connectivity index (χ4v) is 3.60. The summed E-state index contributed by atoms with van der Waals surface area (Å²) in [5.41, 5.74) is 3.66. The Kier molecular flexibility index (Phi) is 11.8. The average molecular weight is 553 g/mol. The number of rotatable bonds is 10. The quantitative estimate of drug-likeness (QED) is 0.267. The molecule has 1 saturated heterocycles. The van der Waals surface area contributed by atoms with Crippen LogP contribution in [0.2, 0.25) is 0 Å². The number of aliphatic imine (C=N–C) groups is 1. The number of nitrogens with zero attached hydrogens (tertiary/aromatic N) is 2. The molecule has 1 aliphatic rings. The van der Waals surface area contributed by atoms with Crippen molar-refractivity contribution in [2.24, 2.45) is 10.9 Å². The van der Waals surface area contributed by atoms with E-state index in [9.17, 15) is 0 Å². The van der Waals surface area contributed by atoms with E-state index in [1.54, 1.807) is 7.05 Å². The number of ether oxygens (including phenoxy) is 2. The fraction of sp³-hybridized carbons (Fsp3) is 0.480. The van der Waals surface area contributed by atoms with E-state index in [0.717, 1.165) is 56.5 Å². The zero-order valence-corrected chi connectivity index (χ0v) is 21.8. The van der Waals surface area contributed by atoms with E-state index in [0.29, 0.717) is 19.1 Å². The second kappa shape index (κ2) is 14.3. The van der Waals surface area contributed by atoms with Crippen LogP contribution in [-0.2, 0) is 17.8 Å². The Balaban J connectivity index is 0.00000363. The first-order chi connectivity index (χ1) is 15.1. The van der Waals surface area contributed by atoms with Gasteiger partial charge in [-0.15, -0.1) is 24.0 Å². The summed E-state index contributed by atoms with van der Waals surface area (Å²) in [6.07, 6.45) is 1.08. The highest BCUT2D eigenvalue weighted by Crippen LogP contribution is 2.22. The van der Waals surface area contributed by atoms with Crippen LogP contribution in [-0.4, -0.2) is 57.9 Å². The van der Waals surface area contributed by atoms with Crippen molar-refractivity contribution in [3.8, 4) is 5.75 Å². The lowest BCUT2D eigenvalue weighted by molar-refractivity contribution is 0.166. The van der Waals surface area contributed by atoms with Crippen LogP contribution in [0.3, 0.4) is 0 Å². The number of benzene rings is 2. The van der Waals surface area contributed by atoms with E-state index < -0.39 is 0 Å². The maximum atomic E-state index is 6.15. The van der Waals surface area contributed by atoms with Gasteiger partial charge in [0.1, 0.15) is 5.75 Å². The SMILES string of the molecule is CN=C(NCCN(C)Cc1ccccc1)NCc1ccc(C)cc1OCC1CCOC1.I. The lowest BCUT2D eigenvalue weighted by atomic mass is 10.1. The van der Waals surface area contributed by atoms with Gasteiger partial charge in [-0.1, -0.05) is 42.5 Å². The summed E-state index contributed by atoms with van der Waals surface area (Å²) in [5.74, 6) is 2.23. The summed E-state index contributed by atoms with van der Waals surface area (Å²) < 4.78 is 11.6. The molecule has 1 unspecified atom stereocenters. The van der Waals surface area contributed by atoms with Crippen molar-refractivity contribution in [1.82, 2.24) is 15.5 Å². The third-order valence-electron chi connectivity index (χ3n) is 5.47. The normalized spacial score (nSPS) is 16.0. The van der Waals surface area contributed by atoms with Gasteiger partial charge in [0.15, 0.2) is 5.96 Å². The maximum absolute atomic E-state index is 6.15. The first kappa shape index (κ1) is 26.4. The van der Waals surface area contributed by atoms with Crippen LogP contribution >= 0.6 is 24.0 Å². The summed E-state index contributed by atoms with van der Waals surface area (Å²) in [4.78, 5) is 6.66. The first-order valence-electron chi connectivity index (χ1n) is 11.1. The van der Waals surface area contributed by atoms with Crippen LogP contribution in [0, 0.1) is 12.8 Å². The Morgan fingerprint density at radius 2 is 2.00 bits per heavy atom. The smallest absolute Gasteiger partial charge is 0.191 e. The molecule has 1 fully saturated rings. The molecule has 0 bridgehead atoms. The maximum Gasteiger partial charge on any atom is 0.191 e. The summed E-state index contributed by atoms with van der Waals surface area (Å²) >= 11 is 0. The van der Waals surface area contributed by atoms with E-state index in [-0.39, 0.29) is 24.0 Å². The highest BCUT2D eigenvalue weighted by molar-refractivity contribution is 14.0. The minimum Gasteiger partial charge on any atom is -0.493 e. The largest absolute Gasteiger partial charge is 0.493 e. The van der Waals surface area contributed by atoms with Gasteiger partial charge in [-0.25, -0.2) is 0 Å². The van der Waals surface area contributed by atoms with Crippen LogP contribution in [0.1, 0.15) is 23.1 Å². The molecule has 0 amide bonds. The van der Waals surface area contributed by atoms with Crippen LogP contribution in [0.4, 0.5) is 0 Å². The summed E-state index contributed by atoms with van der Waals surface area (Å²) in [7, 11) is 3.94. The third-order valence-corrected chi connectivity index (χ3v) is 5.47.